The molecule has 0 aliphatic carbocycles. The Labute approximate surface area is 91.3 Å². The van der Waals surface area contributed by atoms with E-state index in [9.17, 15) is 8.42 Å². The minimum Gasteiger partial charge on any atom is -0.392 e. The first-order valence-electron chi connectivity index (χ1n) is 4.59. The Bertz CT molecular complexity index is 300. The molecule has 0 aliphatic rings. The second-order valence-corrected chi connectivity index (χ2v) is 5.75. The van der Waals surface area contributed by atoms with Crippen molar-refractivity contribution in [1.82, 2.24) is 4.72 Å². The average molecular weight is 238 g/mol. The van der Waals surface area contributed by atoms with Crippen molar-refractivity contribution in [2.24, 2.45) is 5.73 Å². The summed E-state index contributed by atoms with van der Waals surface area (Å²) in [6.45, 7) is 5.35. The van der Waals surface area contributed by atoms with E-state index in [1.54, 1.807) is 6.92 Å². The number of hydrogen-bond acceptors (Lipinski definition) is 3. The van der Waals surface area contributed by atoms with Crippen molar-refractivity contribution in [3.63, 3.8) is 0 Å². The fraction of sp³-hybridized carbons (Fsp3) is 0.875. The molecule has 0 heterocycles. The Balaban J connectivity index is 4.71. The zero-order valence-corrected chi connectivity index (χ0v) is 10.5. The zero-order chi connectivity index (χ0) is 11.4. The quantitative estimate of drug-likeness (QED) is 0.671. The van der Waals surface area contributed by atoms with Crippen molar-refractivity contribution < 1.29 is 8.42 Å². The van der Waals surface area contributed by atoms with E-state index in [-0.39, 0.29) is 10.7 Å². The van der Waals surface area contributed by atoms with Crippen molar-refractivity contribution in [2.75, 3.05) is 5.75 Å². The van der Waals surface area contributed by atoms with Crippen LogP contribution in [0, 0.1) is 0 Å². The van der Waals surface area contributed by atoms with Crippen molar-refractivity contribution in [2.45, 2.75) is 39.2 Å². The van der Waals surface area contributed by atoms with Gasteiger partial charge in [0.05, 0.1) is 16.3 Å². The van der Waals surface area contributed by atoms with Crippen molar-refractivity contribution >= 4 is 27.2 Å². The molecule has 0 rings (SSSR count). The molecule has 1 atom stereocenters. The lowest BCUT2D eigenvalue weighted by atomic mass is 10.0. The molecule has 0 radical (unpaired) electrons. The smallest absolute Gasteiger partial charge is 0.212 e. The normalized spacial score (nSPS) is 16.2. The van der Waals surface area contributed by atoms with Crippen LogP contribution in [0.2, 0.25) is 0 Å². The predicted octanol–water partition coefficient (Wildman–Crippen LogP) is 0.771. The summed E-state index contributed by atoms with van der Waals surface area (Å²) in [5.41, 5.74) is 4.69. The Morgan fingerprint density at radius 2 is 2.00 bits per heavy atom. The van der Waals surface area contributed by atoms with Gasteiger partial charge in [-0.25, -0.2) is 13.1 Å². The Morgan fingerprint density at radius 1 is 1.50 bits per heavy atom. The highest BCUT2D eigenvalue weighted by Gasteiger charge is 2.30. The molecule has 3 N–H and O–H groups in total. The maximum absolute atomic E-state index is 11.5. The van der Waals surface area contributed by atoms with Gasteiger partial charge in [0.2, 0.25) is 10.0 Å². The van der Waals surface area contributed by atoms with E-state index in [0.717, 1.165) is 0 Å². The molecule has 0 aromatic carbocycles. The molecule has 0 amide bonds. The molecular weight excluding hydrogens is 220 g/mol. The molecule has 0 bridgehead atoms. The van der Waals surface area contributed by atoms with Gasteiger partial charge in [0.25, 0.3) is 0 Å². The lowest BCUT2D eigenvalue weighted by Crippen LogP contribution is -2.54. The predicted molar refractivity (Wildman–Crippen MR) is 62.7 cm³/mol. The fourth-order valence-corrected chi connectivity index (χ4v) is 2.80. The average Bonchev–Trinajstić information content (AvgIpc) is 2.02. The highest BCUT2D eigenvalue weighted by Crippen LogP contribution is 2.11. The van der Waals surface area contributed by atoms with Crippen LogP contribution in [0.5, 0.6) is 0 Å². The SMILES string of the molecule is CCCS(=O)(=O)NC(C)(CC)C(N)=S. The summed E-state index contributed by atoms with van der Waals surface area (Å²) in [6.07, 6.45) is 1.12. The molecule has 0 saturated carbocycles. The molecule has 0 aromatic rings. The standard InChI is InChI=1S/C8H18N2O2S2/c1-4-6-14(11,12)10-8(3,5-2)7(9)13/h10H,4-6H2,1-3H3,(H2,9,13). The number of sulfonamides is 1. The Hall–Kier alpha value is -0.200. The van der Waals surface area contributed by atoms with Crippen molar-refractivity contribution in [1.29, 1.82) is 0 Å². The van der Waals surface area contributed by atoms with Crippen molar-refractivity contribution in [3.05, 3.63) is 0 Å². The monoisotopic (exact) mass is 238 g/mol. The summed E-state index contributed by atoms with van der Waals surface area (Å²) in [6, 6.07) is 0. The van der Waals surface area contributed by atoms with Crippen LogP contribution in [0.4, 0.5) is 0 Å². The van der Waals surface area contributed by atoms with Gasteiger partial charge in [-0.15, -0.1) is 0 Å². The first kappa shape index (κ1) is 13.8. The van der Waals surface area contributed by atoms with Crippen LogP contribution < -0.4 is 10.5 Å². The summed E-state index contributed by atoms with van der Waals surface area (Å²) in [7, 11) is -3.26. The van der Waals surface area contributed by atoms with E-state index >= 15 is 0 Å². The van der Waals surface area contributed by atoms with E-state index in [2.05, 4.69) is 4.72 Å². The minimum atomic E-state index is -3.26. The van der Waals surface area contributed by atoms with Gasteiger partial charge in [-0.1, -0.05) is 26.1 Å². The first-order valence-corrected chi connectivity index (χ1v) is 6.65. The van der Waals surface area contributed by atoms with Crippen LogP contribution in [-0.4, -0.2) is 24.7 Å². The van der Waals surface area contributed by atoms with Gasteiger partial charge < -0.3 is 5.73 Å². The zero-order valence-electron chi connectivity index (χ0n) is 8.83. The van der Waals surface area contributed by atoms with Crippen LogP contribution in [0.25, 0.3) is 0 Å². The number of thiocarbonyl (C=S) groups is 1. The molecule has 0 saturated heterocycles. The van der Waals surface area contributed by atoms with E-state index in [1.165, 1.54) is 0 Å². The summed E-state index contributed by atoms with van der Waals surface area (Å²) in [4.78, 5) is 0.180. The Morgan fingerprint density at radius 3 is 2.29 bits per heavy atom. The second-order valence-electron chi connectivity index (χ2n) is 3.47. The maximum Gasteiger partial charge on any atom is 0.212 e. The van der Waals surface area contributed by atoms with Crippen LogP contribution >= 0.6 is 12.2 Å². The summed E-state index contributed by atoms with van der Waals surface area (Å²) < 4.78 is 25.5. The minimum absolute atomic E-state index is 0.102. The highest BCUT2D eigenvalue weighted by atomic mass is 32.2. The van der Waals surface area contributed by atoms with Gasteiger partial charge in [-0.2, -0.15) is 0 Å². The largest absolute Gasteiger partial charge is 0.392 e. The fourth-order valence-electron chi connectivity index (χ4n) is 0.960. The third kappa shape index (κ3) is 3.89. The van der Waals surface area contributed by atoms with Gasteiger partial charge in [0.1, 0.15) is 0 Å². The molecule has 4 nitrogen and oxygen atoms in total. The summed E-state index contributed by atoms with van der Waals surface area (Å²) in [5.74, 6) is 0.102. The van der Waals surface area contributed by atoms with Gasteiger partial charge in [-0.05, 0) is 19.8 Å². The van der Waals surface area contributed by atoms with Crippen LogP contribution in [0.3, 0.4) is 0 Å². The van der Waals surface area contributed by atoms with Crippen LogP contribution in [0.1, 0.15) is 33.6 Å². The molecule has 1 unspecified atom stereocenters. The van der Waals surface area contributed by atoms with Gasteiger partial charge in [0, 0.05) is 0 Å². The van der Waals surface area contributed by atoms with E-state index in [4.69, 9.17) is 18.0 Å². The molecule has 14 heavy (non-hydrogen) atoms. The molecule has 0 fully saturated rings. The number of nitrogens with two attached hydrogens (primary N) is 1. The first-order chi connectivity index (χ1) is 6.27. The van der Waals surface area contributed by atoms with E-state index < -0.39 is 15.6 Å². The molecular formula is C8H18N2O2S2. The van der Waals surface area contributed by atoms with Crippen LogP contribution in [-0.2, 0) is 10.0 Å². The van der Waals surface area contributed by atoms with Crippen LogP contribution in [0.15, 0.2) is 0 Å². The number of rotatable bonds is 6. The molecule has 0 aromatic heterocycles. The lowest BCUT2D eigenvalue weighted by Gasteiger charge is -2.27. The topological polar surface area (TPSA) is 72.2 Å². The second kappa shape index (κ2) is 5.04. The number of nitrogens with one attached hydrogen (secondary N) is 1. The highest BCUT2D eigenvalue weighted by molar-refractivity contribution is 7.89. The summed E-state index contributed by atoms with van der Waals surface area (Å²) in [5, 5.41) is 0. The third-order valence-electron chi connectivity index (χ3n) is 2.10. The van der Waals surface area contributed by atoms with E-state index in [1.807, 2.05) is 13.8 Å². The number of hydrogen-bond donors (Lipinski definition) is 2. The van der Waals surface area contributed by atoms with Crippen molar-refractivity contribution in [3.8, 4) is 0 Å². The van der Waals surface area contributed by atoms with Gasteiger partial charge in [-0.3, -0.25) is 0 Å². The van der Waals surface area contributed by atoms with Gasteiger partial charge >= 0.3 is 0 Å². The molecule has 0 aliphatic heterocycles. The summed E-state index contributed by atoms with van der Waals surface area (Å²) >= 11 is 4.83. The third-order valence-corrected chi connectivity index (χ3v) is 4.26. The van der Waals surface area contributed by atoms with Gasteiger partial charge in [0.15, 0.2) is 0 Å². The maximum atomic E-state index is 11.5. The lowest BCUT2D eigenvalue weighted by molar-refractivity contribution is 0.511. The molecule has 0 spiro atoms. The Kier molecular flexibility index (Phi) is 4.97. The van der Waals surface area contributed by atoms with E-state index in [0.29, 0.717) is 12.8 Å². The molecule has 6 heteroatoms. The molecule has 84 valence electrons.